The Morgan fingerprint density at radius 2 is 1.78 bits per heavy atom. The minimum absolute atomic E-state index is 0.739. The molecule has 0 saturated heterocycles. The van der Waals surface area contributed by atoms with E-state index in [0.717, 1.165) is 34.6 Å². The molecule has 0 saturated carbocycles. The van der Waals surface area contributed by atoms with Crippen LogP contribution in [0.3, 0.4) is 0 Å². The fourth-order valence-corrected chi connectivity index (χ4v) is 3.56. The van der Waals surface area contributed by atoms with Crippen LogP contribution in [-0.2, 0) is 5.75 Å². The van der Waals surface area contributed by atoms with Crippen molar-refractivity contribution in [2.75, 3.05) is 18.0 Å². The zero-order valence-electron chi connectivity index (χ0n) is 15.4. The summed E-state index contributed by atoms with van der Waals surface area (Å²) in [5.41, 5.74) is 3.43. The first-order valence-electron chi connectivity index (χ1n) is 8.86. The van der Waals surface area contributed by atoms with E-state index in [0.29, 0.717) is 0 Å². The number of aromatic nitrogens is 3. The highest BCUT2D eigenvalue weighted by molar-refractivity contribution is 7.98. The summed E-state index contributed by atoms with van der Waals surface area (Å²) < 4.78 is 1.69. The Labute approximate surface area is 169 Å². The topological polar surface area (TPSA) is 46.3 Å². The molecule has 5 nitrogen and oxygen atoms in total. The zero-order valence-corrected chi connectivity index (χ0v) is 17.0. The number of thioether (sulfide) groups is 1. The van der Waals surface area contributed by atoms with Gasteiger partial charge in [-0.15, -0.1) is 10.2 Å². The molecule has 0 aliphatic heterocycles. The van der Waals surface area contributed by atoms with E-state index < -0.39 is 0 Å². The van der Waals surface area contributed by atoms with Gasteiger partial charge in [0.15, 0.2) is 0 Å². The highest BCUT2D eigenvalue weighted by atomic mass is 35.5. The summed E-state index contributed by atoms with van der Waals surface area (Å²) in [7, 11) is 0. The van der Waals surface area contributed by atoms with Crippen molar-refractivity contribution in [1.29, 1.82) is 0 Å². The molecule has 0 aliphatic carbocycles. The molecule has 3 aromatic rings. The van der Waals surface area contributed by atoms with Crippen molar-refractivity contribution in [2.45, 2.75) is 24.8 Å². The van der Waals surface area contributed by atoms with Gasteiger partial charge in [-0.1, -0.05) is 47.6 Å². The lowest BCUT2D eigenvalue weighted by Crippen LogP contribution is -2.21. The van der Waals surface area contributed by atoms with Gasteiger partial charge < -0.3 is 4.90 Å². The highest BCUT2D eigenvalue weighted by Gasteiger charge is 2.05. The van der Waals surface area contributed by atoms with Gasteiger partial charge in [0.2, 0.25) is 5.16 Å². The molecule has 0 amide bonds. The molecule has 0 radical (unpaired) electrons. The van der Waals surface area contributed by atoms with Gasteiger partial charge in [0, 0.05) is 29.6 Å². The van der Waals surface area contributed by atoms with Crippen LogP contribution in [0.4, 0.5) is 5.69 Å². The Morgan fingerprint density at radius 3 is 2.44 bits per heavy atom. The molecule has 3 rings (SSSR count). The summed E-state index contributed by atoms with van der Waals surface area (Å²) in [5.74, 6) is 0.782. The molecule has 7 heteroatoms. The molecule has 27 heavy (non-hydrogen) atoms. The smallest absolute Gasteiger partial charge is 0.212 e. The number of hydrogen-bond acceptors (Lipinski definition) is 5. The van der Waals surface area contributed by atoms with Gasteiger partial charge in [0.25, 0.3) is 0 Å². The van der Waals surface area contributed by atoms with Crippen LogP contribution in [-0.4, -0.2) is 34.2 Å². The van der Waals surface area contributed by atoms with E-state index in [1.807, 2.05) is 30.5 Å². The third-order valence-corrected chi connectivity index (χ3v) is 5.39. The Kier molecular flexibility index (Phi) is 6.90. The predicted molar refractivity (Wildman–Crippen MR) is 114 cm³/mol. The molecule has 0 aliphatic rings. The second kappa shape index (κ2) is 9.58. The molecular weight excluding hydrogens is 378 g/mol. The standard InChI is InChI=1S/C20H22ClN5S/c1-3-25(4-2)19-11-7-16(8-12-19)13-23-26-15-22-24-20(26)27-14-17-5-9-18(21)10-6-17/h5-13,15H,3-4,14H2,1-2H3/b23-13-. The first-order chi connectivity index (χ1) is 13.2. The lowest BCUT2D eigenvalue weighted by atomic mass is 10.2. The van der Waals surface area contributed by atoms with Crippen molar-refractivity contribution < 1.29 is 0 Å². The largest absolute Gasteiger partial charge is 0.372 e. The quantitative estimate of drug-likeness (QED) is 0.397. The maximum absolute atomic E-state index is 5.92. The van der Waals surface area contributed by atoms with Crippen LogP contribution in [0.5, 0.6) is 0 Å². The van der Waals surface area contributed by atoms with Crippen LogP contribution in [0.1, 0.15) is 25.0 Å². The molecule has 1 aromatic heterocycles. The average molecular weight is 400 g/mol. The highest BCUT2D eigenvalue weighted by Crippen LogP contribution is 2.21. The van der Waals surface area contributed by atoms with Crippen LogP contribution in [0, 0.1) is 0 Å². The third kappa shape index (κ3) is 5.34. The average Bonchev–Trinajstić information content (AvgIpc) is 3.15. The fourth-order valence-electron chi connectivity index (χ4n) is 2.61. The first kappa shape index (κ1) is 19.5. The lowest BCUT2D eigenvalue weighted by molar-refractivity contribution is 0.767. The van der Waals surface area contributed by atoms with E-state index in [-0.39, 0.29) is 0 Å². The summed E-state index contributed by atoms with van der Waals surface area (Å²) in [6, 6.07) is 16.2. The Hall–Kier alpha value is -2.31. The van der Waals surface area contributed by atoms with Crippen molar-refractivity contribution in [1.82, 2.24) is 14.9 Å². The van der Waals surface area contributed by atoms with E-state index >= 15 is 0 Å². The number of benzene rings is 2. The number of hydrogen-bond donors (Lipinski definition) is 0. The number of halogens is 1. The van der Waals surface area contributed by atoms with Gasteiger partial charge in [-0.05, 0) is 49.2 Å². The molecule has 0 spiro atoms. The van der Waals surface area contributed by atoms with Crippen molar-refractivity contribution in [3.05, 3.63) is 71.0 Å². The summed E-state index contributed by atoms with van der Waals surface area (Å²) >= 11 is 7.51. The van der Waals surface area contributed by atoms with Gasteiger partial charge in [-0.3, -0.25) is 0 Å². The van der Waals surface area contributed by atoms with Crippen molar-refractivity contribution >= 4 is 35.3 Å². The third-order valence-electron chi connectivity index (χ3n) is 4.13. The van der Waals surface area contributed by atoms with Gasteiger partial charge >= 0.3 is 0 Å². The summed E-state index contributed by atoms with van der Waals surface area (Å²) in [4.78, 5) is 2.31. The SMILES string of the molecule is CCN(CC)c1ccc(/C=N\n2cnnc2SCc2ccc(Cl)cc2)cc1. The monoisotopic (exact) mass is 399 g/mol. The maximum atomic E-state index is 5.92. The van der Waals surface area contributed by atoms with Crippen LogP contribution >= 0.6 is 23.4 Å². The minimum atomic E-state index is 0.739. The van der Waals surface area contributed by atoms with Gasteiger partial charge in [-0.2, -0.15) is 9.78 Å². The maximum Gasteiger partial charge on any atom is 0.212 e. The molecule has 0 bridgehead atoms. The summed E-state index contributed by atoms with van der Waals surface area (Å²) in [6.07, 6.45) is 3.44. The van der Waals surface area contributed by atoms with Crippen molar-refractivity contribution in [3.8, 4) is 0 Å². The van der Waals surface area contributed by atoms with E-state index in [2.05, 4.69) is 58.3 Å². The van der Waals surface area contributed by atoms with Crippen LogP contribution in [0.15, 0.2) is 65.1 Å². The second-order valence-electron chi connectivity index (χ2n) is 5.88. The normalized spacial score (nSPS) is 11.2. The Bertz CT molecular complexity index is 870. The van der Waals surface area contributed by atoms with Crippen LogP contribution in [0.25, 0.3) is 0 Å². The molecule has 1 heterocycles. The van der Waals surface area contributed by atoms with Gasteiger partial charge in [0.1, 0.15) is 6.33 Å². The summed E-state index contributed by atoms with van der Waals surface area (Å²) in [6.45, 7) is 6.32. The summed E-state index contributed by atoms with van der Waals surface area (Å²) in [5, 5.41) is 14.1. The molecule has 2 aromatic carbocycles. The van der Waals surface area contributed by atoms with Crippen molar-refractivity contribution in [2.24, 2.45) is 5.10 Å². The number of nitrogens with zero attached hydrogens (tertiary/aromatic N) is 5. The molecule has 0 fully saturated rings. The molecule has 0 atom stereocenters. The number of rotatable bonds is 8. The van der Waals surface area contributed by atoms with E-state index in [4.69, 9.17) is 11.6 Å². The molecular formula is C20H22ClN5S. The second-order valence-corrected chi connectivity index (χ2v) is 7.26. The Morgan fingerprint density at radius 1 is 1.07 bits per heavy atom. The van der Waals surface area contributed by atoms with E-state index in [1.54, 1.807) is 22.8 Å². The minimum Gasteiger partial charge on any atom is -0.372 e. The van der Waals surface area contributed by atoms with Crippen LogP contribution in [0.2, 0.25) is 5.02 Å². The Balaban J connectivity index is 1.64. The first-order valence-corrected chi connectivity index (χ1v) is 10.2. The van der Waals surface area contributed by atoms with E-state index in [9.17, 15) is 0 Å². The number of anilines is 1. The fraction of sp³-hybridized carbons (Fsp3) is 0.250. The molecule has 0 N–H and O–H groups in total. The zero-order chi connectivity index (χ0) is 19.1. The van der Waals surface area contributed by atoms with Gasteiger partial charge in [-0.25, -0.2) is 0 Å². The molecule has 0 unspecified atom stereocenters. The lowest BCUT2D eigenvalue weighted by Gasteiger charge is -2.20. The predicted octanol–water partition coefficient (Wildman–Crippen LogP) is 4.95. The van der Waals surface area contributed by atoms with Crippen molar-refractivity contribution in [3.63, 3.8) is 0 Å². The van der Waals surface area contributed by atoms with Gasteiger partial charge in [0.05, 0.1) is 6.21 Å². The van der Waals surface area contributed by atoms with Crippen LogP contribution < -0.4 is 4.90 Å². The van der Waals surface area contributed by atoms with E-state index in [1.165, 1.54) is 11.3 Å². The molecule has 140 valence electrons.